The molecule has 2 aliphatic rings. The van der Waals surface area contributed by atoms with Gasteiger partial charge >= 0.3 is 0 Å². The van der Waals surface area contributed by atoms with E-state index < -0.39 is 0 Å². The van der Waals surface area contributed by atoms with Crippen molar-refractivity contribution in [1.82, 2.24) is 14.7 Å². The molecule has 0 aromatic carbocycles. The summed E-state index contributed by atoms with van der Waals surface area (Å²) in [5.74, 6) is 1.29. The summed E-state index contributed by atoms with van der Waals surface area (Å²) in [5.41, 5.74) is 0. The molecule has 3 unspecified atom stereocenters. The van der Waals surface area contributed by atoms with E-state index in [1.807, 2.05) is 6.07 Å². The van der Waals surface area contributed by atoms with E-state index in [-0.39, 0.29) is 11.8 Å². The summed E-state index contributed by atoms with van der Waals surface area (Å²) in [4.78, 5) is 19.6. The number of carbonyl (C=O) groups excluding carboxylic acids is 1. The average Bonchev–Trinajstić information content (AvgIpc) is 2.72. The fraction of sp³-hybridized carbons (Fsp3) is 0.545. The first-order valence-corrected chi connectivity index (χ1v) is 6.69. The van der Waals surface area contributed by atoms with Gasteiger partial charge in [0, 0.05) is 17.5 Å². The molecule has 1 aromatic rings. The van der Waals surface area contributed by atoms with Crippen LogP contribution in [0.15, 0.2) is 18.6 Å². The topological polar surface area (TPSA) is 66.9 Å². The lowest BCUT2D eigenvalue weighted by atomic mass is 9.85. The molecule has 2 N–H and O–H groups in total. The molecule has 17 heavy (non-hydrogen) atoms. The minimum Gasteiger partial charge on any atom is -0.367 e. The van der Waals surface area contributed by atoms with Crippen LogP contribution in [0.2, 0.25) is 0 Å². The lowest BCUT2D eigenvalue weighted by molar-refractivity contribution is -0.122. The van der Waals surface area contributed by atoms with Crippen LogP contribution in [-0.2, 0) is 4.79 Å². The first-order chi connectivity index (χ1) is 8.33. The largest absolute Gasteiger partial charge is 0.367 e. The summed E-state index contributed by atoms with van der Waals surface area (Å²) in [6, 6.07) is 2.28. The van der Waals surface area contributed by atoms with Crippen LogP contribution in [0.4, 0.5) is 5.82 Å². The molecular weight excluding hydrogens is 236 g/mol. The lowest BCUT2D eigenvalue weighted by Crippen LogP contribution is -2.35. The molecule has 2 fully saturated rings. The Morgan fingerprint density at radius 3 is 3.24 bits per heavy atom. The zero-order valence-electron chi connectivity index (χ0n) is 9.30. The summed E-state index contributed by atoms with van der Waals surface area (Å²) in [5, 5.41) is 3.82. The van der Waals surface area contributed by atoms with Gasteiger partial charge in [-0.05, 0) is 37.3 Å². The summed E-state index contributed by atoms with van der Waals surface area (Å²) in [6.45, 7) is 0. The van der Waals surface area contributed by atoms with Crippen molar-refractivity contribution in [3.8, 4) is 0 Å². The highest BCUT2D eigenvalue weighted by Gasteiger charge is 2.40. The molecule has 0 spiro atoms. The van der Waals surface area contributed by atoms with Crippen LogP contribution >= 0.6 is 11.9 Å². The standard InChI is InChI=1S/C11H14N4OS/c16-11-8-2-1-7(5-9(8)17-15-11)14-10-3-4-12-6-13-10/h3-4,6-9H,1-2,5H2,(H,15,16)(H,12,13,14). The molecule has 1 saturated heterocycles. The van der Waals surface area contributed by atoms with Gasteiger partial charge in [-0.15, -0.1) is 0 Å². The van der Waals surface area contributed by atoms with E-state index >= 15 is 0 Å². The van der Waals surface area contributed by atoms with Crippen molar-refractivity contribution < 1.29 is 4.79 Å². The average molecular weight is 250 g/mol. The number of amides is 1. The third-order valence-electron chi connectivity index (χ3n) is 3.37. The Labute approximate surface area is 104 Å². The molecule has 0 bridgehead atoms. The Bertz CT molecular complexity index is 413. The zero-order chi connectivity index (χ0) is 11.7. The molecule has 1 aliphatic carbocycles. The Morgan fingerprint density at radius 1 is 1.47 bits per heavy atom. The molecule has 1 saturated carbocycles. The van der Waals surface area contributed by atoms with Crippen LogP contribution in [0.1, 0.15) is 19.3 Å². The van der Waals surface area contributed by atoms with E-state index in [9.17, 15) is 4.79 Å². The number of nitrogens with one attached hydrogen (secondary N) is 2. The third-order valence-corrected chi connectivity index (χ3v) is 4.52. The van der Waals surface area contributed by atoms with Crippen LogP contribution in [-0.4, -0.2) is 27.2 Å². The van der Waals surface area contributed by atoms with Gasteiger partial charge in [-0.2, -0.15) is 0 Å². The van der Waals surface area contributed by atoms with Crippen LogP contribution in [0.25, 0.3) is 0 Å². The minimum atomic E-state index is 0.209. The molecule has 1 aromatic heterocycles. The lowest BCUT2D eigenvalue weighted by Gasteiger charge is -2.29. The van der Waals surface area contributed by atoms with Crippen molar-refractivity contribution in [2.75, 3.05) is 5.32 Å². The van der Waals surface area contributed by atoms with Gasteiger partial charge in [0.15, 0.2) is 0 Å². The predicted octanol–water partition coefficient (Wildman–Crippen LogP) is 1.20. The van der Waals surface area contributed by atoms with E-state index in [1.165, 1.54) is 0 Å². The van der Waals surface area contributed by atoms with E-state index in [2.05, 4.69) is 20.0 Å². The maximum absolute atomic E-state index is 11.5. The summed E-state index contributed by atoms with van der Waals surface area (Å²) >= 11 is 1.58. The number of hydrogen-bond donors (Lipinski definition) is 2. The summed E-state index contributed by atoms with van der Waals surface area (Å²) < 4.78 is 2.87. The SMILES string of the molecule is O=C1NSC2CC(Nc3ccncn3)CCC12. The van der Waals surface area contributed by atoms with E-state index in [1.54, 1.807) is 24.5 Å². The molecule has 2 heterocycles. The molecule has 3 rings (SSSR count). The fourth-order valence-corrected chi connectivity index (χ4v) is 3.66. The van der Waals surface area contributed by atoms with Crippen molar-refractivity contribution >= 4 is 23.7 Å². The second-order valence-electron chi connectivity index (χ2n) is 4.48. The van der Waals surface area contributed by atoms with Crippen LogP contribution in [0, 0.1) is 5.92 Å². The molecule has 6 heteroatoms. The Morgan fingerprint density at radius 2 is 2.41 bits per heavy atom. The smallest absolute Gasteiger partial charge is 0.234 e. The first kappa shape index (κ1) is 10.8. The summed E-state index contributed by atoms with van der Waals surface area (Å²) in [6.07, 6.45) is 6.28. The van der Waals surface area contributed by atoms with Crippen molar-refractivity contribution in [1.29, 1.82) is 0 Å². The van der Waals surface area contributed by atoms with Crippen LogP contribution in [0.3, 0.4) is 0 Å². The van der Waals surface area contributed by atoms with E-state index in [0.717, 1.165) is 25.1 Å². The number of hydrogen-bond acceptors (Lipinski definition) is 5. The highest BCUT2D eigenvalue weighted by molar-refractivity contribution is 7.99. The highest BCUT2D eigenvalue weighted by Crippen LogP contribution is 2.37. The molecular formula is C11H14N4OS. The molecule has 3 atom stereocenters. The second kappa shape index (κ2) is 4.52. The molecule has 0 radical (unpaired) electrons. The number of rotatable bonds is 2. The molecule has 90 valence electrons. The predicted molar refractivity (Wildman–Crippen MR) is 66.3 cm³/mol. The normalized spacial score (nSPS) is 31.8. The maximum atomic E-state index is 11.5. The van der Waals surface area contributed by atoms with Gasteiger partial charge in [0.25, 0.3) is 0 Å². The Balaban J connectivity index is 1.62. The van der Waals surface area contributed by atoms with Crippen molar-refractivity contribution in [3.05, 3.63) is 18.6 Å². The van der Waals surface area contributed by atoms with Crippen LogP contribution in [0.5, 0.6) is 0 Å². The van der Waals surface area contributed by atoms with Gasteiger partial charge in [0.05, 0.1) is 5.92 Å². The first-order valence-electron chi connectivity index (χ1n) is 5.81. The molecule has 5 nitrogen and oxygen atoms in total. The van der Waals surface area contributed by atoms with Gasteiger partial charge < -0.3 is 5.32 Å². The molecule has 1 amide bonds. The number of carbonyl (C=O) groups is 1. The van der Waals surface area contributed by atoms with Gasteiger partial charge in [-0.1, -0.05) is 0 Å². The van der Waals surface area contributed by atoms with Crippen molar-refractivity contribution in [3.63, 3.8) is 0 Å². The monoisotopic (exact) mass is 250 g/mol. The minimum absolute atomic E-state index is 0.209. The Hall–Kier alpha value is -1.30. The fourth-order valence-electron chi connectivity index (χ4n) is 2.49. The highest BCUT2D eigenvalue weighted by atomic mass is 32.2. The number of nitrogens with zero attached hydrogens (tertiary/aromatic N) is 2. The van der Waals surface area contributed by atoms with Crippen molar-refractivity contribution in [2.45, 2.75) is 30.6 Å². The number of anilines is 1. The number of aromatic nitrogens is 2. The van der Waals surface area contributed by atoms with Gasteiger partial charge in [-0.3, -0.25) is 9.52 Å². The van der Waals surface area contributed by atoms with E-state index in [0.29, 0.717) is 11.3 Å². The van der Waals surface area contributed by atoms with Crippen molar-refractivity contribution in [2.24, 2.45) is 5.92 Å². The van der Waals surface area contributed by atoms with Gasteiger partial charge in [0.2, 0.25) is 5.91 Å². The third kappa shape index (κ3) is 2.22. The van der Waals surface area contributed by atoms with Gasteiger partial charge in [-0.25, -0.2) is 9.97 Å². The Kier molecular flexibility index (Phi) is 2.88. The quantitative estimate of drug-likeness (QED) is 0.772. The summed E-state index contributed by atoms with van der Waals surface area (Å²) in [7, 11) is 0. The zero-order valence-corrected chi connectivity index (χ0v) is 10.1. The second-order valence-corrected chi connectivity index (χ2v) is 5.52. The van der Waals surface area contributed by atoms with Gasteiger partial charge in [0.1, 0.15) is 12.1 Å². The number of fused-ring (bicyclic) bond motifs is 1. The van der Waals surface area contributed by atoms with Crippen LogP contribution < -0.4 is 10.0 Å². The van der Waals surface area contributed by atoms with E-state index in [4.69, 9.17) is 0 Å². The maximum Gasteiger partial charge on any atom is 0.234 e. The molecule has 1 aliphatic heterocycles.